The van der Waals surface area contributed by atoms with Crippen molar-refractivity contribution in [2.24, 2.45) is 0 Å². The second-order valence-corrected chi connectivity index (χ2v) is 6.50. The highest BCUT2D eigenvalue weighted by atomic mass is 127. The number of carbonyl (C=O) groups is 2. The molecule has 20 heavy (non-hydrogen) atoms. The number of ether oxygens (including phenoxy) is 3. The highest BCUT2D eigenvalue weighted by molar-refractivity contribution is 14.1. The molecule has 1 aliphatic carbocycles. The second-order valence-electron chi connectivity index (χ2n) is 4.42. The molecule has 0 aliphatic heterocycles. The van der Waals surface area contributed by atoms with E-state index in [0.29, 0.717) is 4.88 Å². The Hall–Kier alpha value is -0.830. The summed E-state index contributed by atoms with van der Waals surface area (Å²) in [5.41, 5.74) is 0. The van der Waals surface area contributed by atoms with Crippen LogP contribution in [0.25, 0.3) is 0 Å². The third-order valence-corrected chi connectivity index (χ3v) is 5.14. The van der Waals surface area contributed by atoms with Gasteiger partial charge in [0.05, 0.1) is 0 Å². The van der Waals surface area contributed by atoms with Gasteiger partial charge in [0.2, 0.25) is 6.79 Å². The first-order valence-electron chi connectivity index (χ1n) is 6.40. The minimum absolute atomic E-state index is 0.0646. The van der Waals surface area contributed by atoms with Crippen LogP contribution in [0.4, 0.5) is 4.79 Å². The summed E-state index contributed by atoms with van der Waals surface area (Å²) in [4.78, 5) is 23.6. The molecule has 0 amide bonds. The van der Waals surface area contributed by atoms with E-state index in [-0.39, 0.29) is 6.10 Å². The minimum Gasteiger partial charge on any atom is -0.431 e. The maximum absolute atomic E-state index is 11.6. The van der Waals surface area contributed by atoms with E-state index in [0.717, 1.165) is 29.3 Å². The molecular formula is C13H15IO5S. The first-order chi connectivity index (χ1) is 9.66. The number of hydrogen-bond acceptors (Lipinski definition) is 6. The van der Waals surface area contributed by atoms with Gasteiger partial charge in [0, 0.05) is 3.57 Å². The van der Waals surface area contributed by atoms with Crippen LogP contribution in [0.1, 0.15) is 41.8 Å². The summed E-state index contributed by atoms with van der Waals surface area (Å²) in [5, 5.41) is 1.80. The molecule has 1 heterocycles. The van der Waals surface area contributed by atoms with Gasteiger partial charge in [-0.05, 0) is 59.7 Å². The zero-order chi connectivity index (χ0) is 14.4. The summed E-state index contributed by atoms with van der Waals surface area (Å²) in [5.74, 6) is -0.491. The fourth-order valence-corrected chi connectivity index (χ4v) is 3.69. The Labute approximate surface area is 134 Å². The molecule has 0 atom stereocenters. The zero-order valence-electron chi connectivity index (χ0n) is 10.8. The van der Waals surface area contributed by atoms with Crippen molar-refractivity contribution in [2.45, 2.75) is 38.2 Å². The molecule has 7 heteroatoms. The molecular weight excluding hydrogens is 395 g/mol. The Morgan fingerprint density at radius 2 is 2.00 bits per heavy atom. The first-order valence-corrected chi connectivity index (χ1v) is 8.36. The Morgan fingerprint density at radius 1 is 1.25 bits per heavy atom. The summed E-state index contributed by atoms with van der Waals surface area (Å²) in [6.07, 6.45) is 4.25. The van der Waals surface area contributed by atoms with Gasteiger partial charge in [-0.3, -0.25) is 0 Å². The lowest BCUT2D eigenvalue weighted by atomic mass is 9.98. The van der Waals surface area contributed by atoms with Crippen LogP contribution in [-0.4, -0.2) is 25.0 Å². The lowest BCUT2D eigenvalue weighted by molar-refractivity contribution is -0.0427. The predicted molar refractivity (Wildman–Crippen MR) is 81.8 cm³/mol. The maximum Gasteiger partial charge on any atom is 0.511 e. The lowest BCUT2D eigenvalue weighted by Gasteiger charge is -2.21. The molecule has 1 saturated carbocycles. The Kier molecular flexibility index (Phi) is 6.08. The fraction of sp³-hybridized carbons (Fsp3) is 0.538. The second kappa shape index (κ2) is 7.82. The van der Waals surface area contributed by atoms with Gasteiger partial charge in [0.25, 0.3) is 0 Å². The number of halogens is 1. The summed E-state index contributed by atoms with van der Waals surface area (Å²) < 4.78 is 15.6. The molecule has 1 aromatic heterocycles. The highest BCUT2D eigenvalue weighted by Crippen LogP contribution is 2.21. The smallest absolute Gasteiger partial charge is 0.431 e. The van der Waals surface area contributed by atoms with Crippen LogP contribution >= 0.6 is 33.9 Å². The zero-order valence-corrected chi connectivity index (χ0v) is 13.8. The Bertz CT molecular complexity index is 467. The third-order valence-electron chi connectivity index (χ3n) is 2.98. The summed E-state index contributed by atoms with van der Waals surface area (Å²) >= 11 is 3.34. The number of carbonyl (C=O) groups excluding carboxylic acids is 2. The van der Waals surface area contributed by atoms with Crippen LogP contribution < -0.4 is 0 Å². The molecule has 1 aromatic rings. The SMILES string of the molecule is O=C(OCOC(=O)c1sccc1I)OC1CCCCC1. The fourth-order valence-electron chi connectivity index (χ4n) is 1.99. The quantitative estimate of drug-likeness (QED) is 0.427. The van der Waals surface area contributed by atoms with Gasteiger partial charge >= 0.3 is 12.1 Å². The normalized spacial score (nSPS) is 15.7. The molecule has 1 aliphatic rings. The summed E-state index contributed by atoms with van der Waals surface area (Å²) in [6.45, 7) is -0.418. The largest absolute Gasteiger partial charge is 0.511 e. The predicted octanol–water partition coefficient (Wildman–Crippen LogP) is 3.95. The molecule has 110 valence electrons. The van der Waals surface area contributed by atoms with Gasteiger partial charge in [-0.2, -0.15) is 0 Å². The average Bonchev–Trinajstić information content (AvgIpc) is 2.86. The van der Waals surface area contributed by atoms with Crippen LogP contribution in [0.3, 0.4) is 0 Å². The molecule has 5 nitrogen and oxygen atoms in total. The minimum atomic E-state index is -0.773. The van der Waals surface area contributed by atoms with Gasteiger partial charge in [-0.1, -0.05) is 6.42 Å². The summed E-state index contributed by atoms with van der Waals surface area (Å²) in [7, 11) is 0. The van der Waals surface area contributed by atoms with Gasteiger partial charge in [-0.25, -0.2) is 9.59 Å². The molecule has 2 rings (SSSR count). The monoisotopic (exact) mass is 410 g/mol. The van der Waals surface area contributed by atoms with E-state index in [2.05, 4.69) is 0 Å². The molecule has 0 aromatic carbocycles. The third kappa shape index (κ3) is 4.62. The summed E-state index contributed by atoms with van der Waals surface area (Å²) in [6, 6.07) is 1.82. The van der Waals surface area contributed by atoms with Gasteiger partial charge in [-0.15, -0.1) is 11.3 Å². The van der Waals surface area contributed by atoms with Crippen molar-refractivity contribution in [3.63, 3.8) is 0 Å². The van der Waals surface area contributed by atoms with Crippen LogP contribution in [0, 0.1) is 3.57 Å². The van der Waals surface area contributed by atoms with Crippen LogP contribution in [0.15, 0.2) is 11.4 Å². The van der Waals surface area contributed by atoms with Crippen molar-refractivity contribution in [3.05, 3.63) is 19.9 Å². The van der Waals surface area contributed by atoms with Gasteiger partial charge in [0.15, 0.2) is 0 Å². The number of hydrogen-bond donors (Lipinski definition) is 0. The van der Waals surface area contributed by atoms with E-state index in [1.54, 1.807) is 5.38 Å². The molecule has 0 unspecified atom stereocenters. The lowest BCUT2D eigenvalue weighted by Crippen LogP contribution is -2.22. The van der Waals surface area contributed by atoms with E-state index in [4.69, 9.17) is 14.2 Å². The first kappa shape index (κ1) is 15.6. The maximum atomic E-state index is 11.6. The van der Waals surface area contributed by atoms with Crippen LogP contribution in [-0.2, 0) is 14.2 Å². The number of thiophene rings is 1. The van der Waals surface area contributed by atoms with Gasteiger partial charge < -0.3 is 14.2 Å². The molecule has 0 radical (unpaired) electrons. The number of esters is 1. The van der Waals surface area contributed by atoms with Crippen molar-refractivity contribution in [3.8, 4) is 0 Å². The average molecular weight is 410 g/mol. The van der Waals surface area contributed by atoms with Crippen molar-refractivity contribution in [2.75, 3.05) is 6.79 Å². The van der Waals surface area contributed by atoms with Crippen LogP contribution in [0.5, 0.6) is 0 Å². The topological polar surface area (TPSA) is 61.8 Å². The molecule has 0 saturated heterocycles. The van der Waals surface area contributed by atoms with E-state index >= 15 is 0 Å². The van der Waals surface area contributed by atoms with Crippen molar-refractivity contribution < 1.29 is 23.8 Å². The van der Waals surface area contributed by atoms with Crippen molar-refractivity contribution in [1.82, 2.24) is 0 Å². The Balaban J connectivity index is 1.66. The van der Waals surface area contributed by atoms with Crippen molar-refractivity contribution in [1.29, 1.82) is 0 Å². The molecule has 1 fully saturated rings. The highest BCUT2D eigenvalue weighted by Gasteiger charge is 2.19. The van der Waals surface area contributed by atoms with E-state index < -0.39 is 18.9 Å². The van der Waals surface area contributed by atoms with E-state index in [1.165, 1.54) is 17.8 Å². The van der Waals surface area contributed by atoms with Crippen LogP contribution in [0.2, 0.25) is 0 Å². The van der Waals surface area contributed by atoms with E-state index in [9.17, 15) is 9.59 Å². The molecule has 0 bridgehead atoms. The van der Waals surface area contributed by atoms with E-state index in [1.807, 2.05) is 28.7 Å². The standard InChI is InChI=1S/C13H15IO5S/c14-10-6-7-20-11(10)12(15)17-8-18-13(16)19-9-4-2-1-3-5-9/h6-7,9H,1-5,8H2. The van der Waals surface area contributed by atoms with Crippen molar-refractivity contribution >= 4 is 46.1 Å². The van der Waals surface area contributed by atoms with Gasteiger partial charge in [0.1, 0.15) is 11.0 Å². The molecule has 0 N–H and O–H groups in total. The molecule has 0 spiro atoms. The Morgan fingerprint density at radius 3 is 2.65 bits per heavy atom. The number of rotatable bonds is 4.